The first-order valence-corrected chi connectivity index (χ1v) is 6.52. The molecule has 4 heteroatoms. The second-order valence-electron chi connectivity index (χ2n) is 5.24. The van der Waals surface area contributed by atoms with Crippen LogP contribution in [0.5, 0.6) is 0 Å². The maximum atomic E-state index is 5.66. The number of anilines is 1. The lowest BCUT2D eigenvalue weighted by Gasteiger charge is -2.35. The Balaban J connectivity index is 1.79. The van der Waals surface area contributed by atoms with Gasteiger partial charge in [-0.3, -0.25) is 4.98 Å². The SMILES string of the molecule is CC1(C)OCC(Nc2cccc3ncccc23)CO1. The monoisotopic (exact) mass is 258 g/mol. The lowest BCUT2D eigenvalue weighted by atomic mass is 10.1. The maximum Gasteiger partial charge on any atom is 0.162 e. The molecule has 0 radical (unpaired) electrons. The Bertz CT molecular complexity index is 568. The van der Waals surface area contributed by atoms with Crippen molar-refractivity contribution in [3.05, 3.63) is 36.5 Å². The fourth-order valence-corrected chi connectivity index (χ4v) is 2.22. The molecular weight excluding hydrogens is 240 g/mol. The summed E-state index contributed by atoms with van der Waals surface area (Å²) in [4.78, 5) is 4.36. The zero-order valence-corrected chi connectivity index (χ0v) is 11.2. The van der Waals surface area contributed by atoms with E-state index in [2.05, 4.69) is 22.4 Å². The van der Waals surface area contributed by atoms with Crippen molar-refractivity contribution in [3.63, 3.8) is 0 Å². The molecule has 2 heterocycles. The smallest absolute Gasteiger partial charge is 0.162 e. The number of benzene rings is 1. The Morgan fingerprint density at radius 2 is 1.95 bits per heavy atom. The normalized spacial score (nSPS) is 19.5. The highest BCUT2D eigenvalue weighted by Gasteiger charge is 2.28. The van der Waals surface area contributed by atoms with Crippen LogP contribution in [0.15, 0.2) is 36.5 Å². The first-order valence-electron chi connectivity index (χ1n) is 6.52. The van der Waals surface area contributed by atoms with Crippen molar-refractivity contribution < 1.29 is 9.47 Å². The van der Waals surface area contributed by atoms with E-state index in [4.69, 9.17) is 9.47 Å². The summed E-state index contributed by atoms with van der Waals surface area (Å²) < 4.78 is 11.3. The average molecular weight is 258 g/mol. The third kappa shape index (κ3) is 2.69. The Kier molecular flexibility index (Phi) is 3.12. The van der Waals surface area contributed by atoms with Gasteiger partial charge in [0.05, 0.1) is 24.8 Å². The second kappa shape index (κ2) is 4.79. The number of aromatic nitrogens is 1. The van der Waals surface area contributed by atoms with Crippen LogP contribution in [-0.4, -0.2) is 30.0 Å². The van der Waals surface area contributed by atoms with E-state index >= 15 is 0 Å². The molecule has 0 atom stereocenters. The third-order valence-corrected chi connectivity index (χ3v) is 3.27. The van der Waals surface area contributed by atoms with Gasteiger partial charge in [0.1, 0.15) is 0 Å². The number of hydrogen-bond acceptors (Lipinski definition) is 4. The van der Waals surface area contributed by atoms with Gasteiger partial charge in [0.15, 0.2) is 5.79 Å². The molecule has 2 aromatic rings. The fraction of sp³-hybridized carbons (Fsp3) is 0.400. The van der Waals surface area contributed by atoms with Crippen LogP contribution in [-0.2, 0) is 9.47 Å². The minimum atomic E-state index is -0.474. The highest BCUT2D eigenvalue weighted by Crippen LogP contribution is 2.24. The summed E-state index contributed by atoms with van der Waals surface area (Å²) in [7, 11) is 0. The standard InChI is InChI=1S/C15H18N2O2/c1-15(2)18-9-11(10-19-15)17-14-7-3-6-13-12(14)5-4-8-16-13/h3-8,11,17H,9-10H2,1-2H3. The number of fused-ring (bicyclic) bond motifs is 1. The Morgan fingerprint density at radius 3 is 2.74 bits per heavy atom. The van der Waals surface area contributed by atoms with E-state index in [0.29, 0.717) is 13.2 Å². The summed E-state index contributed by atoms with van der Waals surface area (Å²) in [5, 5.41) is 4.59. The zero-order chi connectivity index (χ0) is 13.3. The average Bonchev–Trinajstić information content (AvgIpc) is 2.42. The summed E-state index contributed by atoms with van der Waals surface area (Å²) >= 11 is 0. The van der Waals surface area contributed by atoms with Crippen molar-refractivity contribution in [2.24, 2.45) is 0 Å². The summed E-state index contributed by atoms with van der Waals surface area (Å²) in [6, 6.07) is 10.3. The summed E-state index contributed by atoms with van der Waals surface area (Å²) in [5.74, 6) is -0.474. The van der Waals surface area contributed by atoms with Crippen molar-refractivity contribution in [1.82, 2.24) is 4.98 Å². The van der Waals surface area contributed by atoms with E-state index in [9.17, 15) is 0 Å². The molecule has 1 saturated heterocycles. The largest absolute Gasteiger partial charge is 0.377 e. The quantitative estimate of drug-likeness (QED) is 0.899. The molecule has 1 aliphatic heterocycles. The first kappa shape index (κ1) is 12.4. The first-order chi connectivity index (χ1) is 9.14. The van der Waals surface area contributed by atoms with Gasteiger partial charge in [-0.1, -0.05) is 6.07 Å². The van der Waals surface area contributed by atoms with E-state index in [0.717, 1.165) is 16.6 Å². The van der Waals surface area contributed by atoms with Crippen molar-refractivity contribution in [3.8, 4) is 0 Å². The Hall–Kier alpha value is -1.65. The van der Waals surface area contributed by atoms with Gasteiger partial charge in [0.2, 0.25) is 0 Å². The van der Waals surface area contributed by atoms with Crippen LogP contribution >= 0.6 is 0 Å². The van der Waals surface area contributed by atoms with Gasteiger partial charge in [-0.15, -0.1) is 0 Å². The fourth-order valence-electron chi connectivity index (χ4n) is 2.22. The lowest BCUT2D eigenvalue weighted by Crippen LogP contribution is -2.45. The Labute approximate surface area is 112 Å². The molecule has 0 unspecified atom stereocenters. The predicted octanol–water partition coefficient (Wildman–Crippen LogP) is 2.80. The number of ether oxygens (including phenoxy) is 2. The van der Waals surface area contributed by atoms with Gasteiger partial charge in [0.25, 0.3) is 0 Å². The number of nitrogens with one attached hydrogen (secondary N) is 1. The summed E-state index contributed by atoms with van der Waals surface area (Å²) in [6.07, 6.45) is 1.81. The molecule has 100 valence electrons. The minimum absolute atomic E-state index is 0.166. The summed E-state index contributed by atoms with van der Waals surface area (Å²) in [5.41, 5.74) is 2.06. The molecule has 1 fully saturated rings. The van der Waals surface area contributed by atoms with Crippen molar-refractivity contribution in [1.29, 1.82) is 0 Å². The number of hydrogen-bond donors (Lipinski definition) is 1. The van der Waals surface area contributed by atoms with Gasteiger partial charge in [-0.2, -0.15) is 0 Å². The molecule has 0 aliphatic carbocycles. The van der Waals surface area contributed by atoms with E-state index in [-0.39, 0.29) is 6.04 Å². The molecule has 0 amide bonds. The van der Waals surface area contributed by atoms with Crippen molar-refractivity contribution in [2.75, 3.05) is 18.5 Å². The molecule has 0 saturated carbocycles. The van der Waals surface area contributed by atoms with Crippen LogP contribution in [0.4, 0.5) is 5.69 Å². The summed E-state index contributed by atoms with van der Waals surface area (Å²) in [6.45, 7) is 5.16. The minimum Gasteiger partial charge on any atom is -0.377 e. The third-order valence-electron chi connectivity index (χ3n) is 3.27. The molecule has 1 aliphatic rings. The van der Waals surface area contributed by atoms with Gasteiger partial charge < -0.3 is 14.8 Å². The maximum absolute atomic E-state index is 5.66. The molecule has 3 rings (SSSR count). The van der Waals surface area contributed by atoms with Crippen molar-refractivity contribution in [2.45, 2.75) is 25.7 Å². The molecule has 1 N–H and O–H groups in total. The molecular formula is C15H18N2O2. The topological polar surface area (TPSA) is 43.4 Å². The molecule has 1 aromatic heterocycles. The van der Waals surface area contributed by atoms with Crippen molar-refractivity contribution >= 4 is 16.6 Å². The lowest BCUT2D eigenvalue weighted by molar-refractivity contribution is -0.247. The van der Waals surface area contributed by atoms with Crippen LogP contribution in [0, 0.1) is 0 Å². The van der Waals surface area contributed by atoms with Gasteiger partial charge in [-0.25, -0.2) is 0 Å². The number of nitrogens with zero attached hydrogens (tertiary/aromatic N) is 1. The van der Waals surface area contributed by atoms with Gasteiger partial charge in [0, 0.05) is 17.3 Å². The number of rotatable bonds is 2. The van der Waals surface area contributed by atoms with Crippen LogP contribution in [0.3, 0.4) is 0 Å². The molecule has 0 bridgehead atoms. The Morgan fingerprint density at radius 1 is 1.16 bits per heavy atom. The van der Waals surface area contributed by atoms with Crippen LogP contribution in [0.2, 0.25) is 0 Å². The predicted molar refractivity (Wildman–Crippen MR) is 75.1 cm³/mol. The second-order valence-corrected chi connectivity index (χ2v) is 5.24. The molecule has 4 nitrogen and oxygen atoms in total. The number of pyridine rings is 1. The molecule has 1 aromatic carbocycles. The highest BCUT2D eigenvalue weighted by molar-refractivity contribution is 5.91. The van der Waals surface area contributed by atoms with Crippen LogP contribution in [0.25, 0.3) is 10.9 Å². The zero-order valence-electron chi connectivity index (χ0n) is 11.2. The van der Waals surface area contributed by atoms with Crippen LogP contribution in [0.1, 0.15) is 13.8 Å². The van der Waals surface area contributed by atoms with Crippen LogP contribution < -0.4 is 5.32 Å². The van der Waals surface area contributed by atoms with Gasteiger partial charge >= 0.3 is 0 Å². The van der Waals surface area contributed by atoms with E-state index in [1.807, 2.05) is 38.2 Å². The highest BCUT2D eigenvalue weighted by atomic mass is 16.7. The van der Waals surface area contributed by atoms with E-state index in [1.54, 1.807) is 0 Å². The molecule has 19 heavy (non-hydrogen) atoms. The van der Waals surface area contributed by atoms with E-state index in [1.165, 1.54) is 0 Å². The van der Waals surface area contributed by atoms with E-state index < -0.39 is 5.79 Å². The molecule has 0 spiro atoms. The van der Waals surface area contributed by atoms with Gasteiger partial charge in [-0.05, 0) is 38.1 Å².